The Bertz CT molecular complexity index is 996. The fourth-order valence-electron chi connectivity index (χ4n) is 2.67. The van der Waals surface area contributed by atoms with Crippen molar-refractivity contribution in [3.8, 4) is 11.1 Å². The number of hydrogen-bond donors (Lipinski definition) is 3. The normalized spacial score (nSPS) is 12.0. The predicted octanol–water partition coefficient (Wildman–Crippen LogP) is 2.52. The maximum absolute atomic E-state index is 13.3. The number of benzene rings is 2. The van der Waals surface area contributed by atoms with Gasteiger partial charge in [-0.25, -0.2) is 17.5 Å². The molecule has 24 heavy (non-hydrogen) atoms. The van der Waals surface area contributed by atoms with Crippen LogP contribution in [0.5, 0.6) is 0 Å². The van der Waals surface area contributed by atoms with Gasteiger partial charge >= 0.3 is 0 Å². The van der Waals surface area contributed by atoms with Gasteiger partial charge in [0.05, 0.1) is 4.90 Å². The molecule has 0 fully saturated rings. The molecule has 7 heteroatoms. The first-order chi connectivity index (χ1) is 11.4. The maximum atomic E-state index is 13.3. The van der Waals surface area contributed by atoms with Crippen LogP contribution in [-0.2, 0) is 10.0 Å². The van der Waals surface area contributed by atoms with Crippen molar-refractivity contribution in [2.45, 2.75) is 11.8 Å². The van der Waals surface area contributed by atoms with Crippen LogP contribution >= 0.6 is 0 Å². The van der Waals surface area contributed by atoms with Crippen LogP contribution in [0.25, 0.3) is 22.0 Å². The van der Waals surface area contributed by atoms with Gasteiger partial charge in [-0.1, -0.05) is 12.1 Å². The summed E-state index contributed by atoms with van der Waals surface area (Å²) in [6, 6.07) is 9.71. The average molecular weight is 347 g/mol. The van der Waals surface area contributed by atoms with Gasteiger partial charge in [0.15, 0.2) is 0 Å². The third kappa shape index (κ3) is 3.06. The molecule has 0 atom stereocenters. The van der Waals surface area contributed by atoms with E-state index in [0.717, 1.165) is 16.5 Å². The fraction of sp³-hybridized carbons (Fsp3) is 0.176. The molecule has 0 amide bonds. The van der Waals surface area contributed by atoms with E-state index in [1.54, 1.807) is 31.3 Å². The molecule has 2 aromatic carbocycles. The highest BCUT2D eigenvalue weighted by Gasteiger charge is 2.18. The molecule has 0 aliphatic carbocycles. The van der Waals surface area contributed by atoms with E-state index < -0.39 is 10.0 Å². The first-order valence-corrected chi connectivity index (χ1v) is 8.98. The minimum atomic E-state index is -3.63. The molecule has 1 heterocycles. The number of nitrogens with one attached hydrogen (secondary N) is 2. The Morgan fingerprint density at radius 2 is 2.00 bits per heavy atom. The molecule has 0 radical (unpaired) electrons. The molecule has 0 bridgehead atoms. The van der Waals surface area contributed by atoms with Crippen molar-refractivity contribution in [1.29, 1.82) is 0 Å². The molecule has 1 aromatic heterocycles. The van der Waals surface area contributed by atoms with E-state index in [-0.39, 0.29) is 23.8 Å². The van der Waals surface area contributed by atoms with Crippen molar-refractivity contribution >= 4 is 20.9 Å². The predicted molar refractivity (Wildman–Crippen MR) is 92.7 cm³/mol. The number of rotatable bonds is 5. The summed E-state index contributed by atoms with van der Waals surface area (Å²) in [5.41, 5.74) is 8.24. The highest BCUT2D eigenvalue weighted by Crippen LogP contribution is 2.31. The Hall–Kier alpha value is -2.22. The summed E-state index contributed by atoms with van der Waals surface area (Å²) in [5, 5.41) is 0.832. The van der Waals surface area contributed by atoms with Crippen LogP contribution in [0.4, 0.5) is 4.39 Å². The lowest BCUT2D eigenvalue weighted by Crippen LogP contribution is -2.29. The molecule has 3 aromatic rings. The molecule has 0 spiro atoms. The number of aromatic amines is 1. The topological polar surface area (TPSA) is 88.0 Å². The number of aromatic nitrogens is 1. The van der Waals surface area contributed by atoms with Gasteiger partial charge in [-0.15, -0.1) is 0 Å². The molecule has 0 saturated heterocycles. The molecule has 0 saturated carbocycles. The second kappa shape index (κ2) is 6.35. The van der Waals surface area contributed by atoms with E-state index in [4.69, 9.17) is 5.73 Å². The van der Waals surface area contributed by atoms with Crippen LogP contribution in [0.1, 0.15) is 5.56 Å². The zero-order valence-corrected chi connectivity index (χ0v) is 14.0. The summed E-state index contributed by atoms with van der Waals surface area (Å²) in [6.07, 6.45) is 1.75. The van der Waals surface area contributed by atoms with Crippen LogP contribution in [0, 0.1) is 12.7 Å². The Morgan fingerprint density at radius 1 is 1.21 bits per heavy atom. The summed E-state index contributed by atoms with van der Waals surface area (Å²) in [5.74, 6) is -0.325. The summed E-state index contributed by atoms with van der Waals surface area (Å²) in [6.45, 7) is 2.15. The maximum Gasteiger partial charge on any atom is 0.240 e. The van der Waals surface area contributed by atoms with E-state index in [0.29, 0.717) is 11.1 Å². The first kappa shape index (κ1) is 16.6. The summed E-state index contributed by atoms with van der Waals surface area (Å²) in [7, 11) is -3.63. The van der Waals surface area contributed by atoms with Gasteiger partial charge in [-0.05, 0) is 42.3 Å². The highest BCUT2D eigenvalue weighted by molar-refractivity contribution is 7.89. The largest absolute Gasteiger partial charge is 0.360 e. The molecule has 0 aliphatic rings. The second-order valence-corrected chi connectivity index (χ2v) is 7.29. The third-order valence-electron chi connectivity index (χ3n) is 3.87. The Morgan fingerprint density at radius 3 is 2.75 bits per heavy atom. The molecular formula is C17H18FN3O2S. The number of hydrogen-bond acceptors (Lipinski definition) is 3. The smallest absolute Gasteiger partial charge is 0.240 e. The number of halogens is 1. The first-order valence-electron chi connectivity index (χ1n) is 7.50. The lowest BCUT2D eigenvalue weighted by Gasteiger charge is -2.10. The lowest BCUT2D eigenvalue weighted by atomic mass is 10.0. The van der Waals surface area contributed by atoms with Crippen LogP contribution in [0.15, 0.2) is 47.5 Å². The van der Waals surface area contributed by atoms with Crippen molar-refractivity contribution in [2.24, 2.45) is 5.73 Å². The van der Waals surface area contributed by atoms with E-state index in [1.807, 2.05) is 6.07 Å². The van der Waals surface area contributed by atoms with E-state index >= 15 is 0 Å². The van der Waals surface area contributed by atoms with Crippen molar-refractivity contribution < 1.29 is 12.8 Å². The van der Waals surface area contributed by atoms with Crippen LogP contribution in [0.2, 0.25) is 0 Å². The lowest BCUT2D eigenvalue weighted by molar-refractivity contribution is 0.581. The van der Waals surface area contributed by atoms with Crippen molar-refractivity contribution in [3.63, 3.8) is 0 Å². The molecule has 4 N–H and O–H groups in total. The minimum Gasteiger partial charge on any atom is -0.360 e. The van der Waals surface area contributed by atoms with E-state index in [2.05, 4.69) is 9.71 Å². The minimum absolute atomic E-state index is 0.179. The molecule has 3 rings (SSSR count). The fourth-order valence-corrected chi connectivity index (χ4v) is 3.98. The number of fused-ring (bicyclic) bond motifs is 1. The zero-order valence-electron chi connectivity index (χ0n) is 13.1. The highest BCUT2D eigenvalue weighted by atomic mass is 32.2. The molecule has 0 aliphatic heterocycles. The summed E-state index contributed by atoms with van der Waals surface area (Å²) < 4.78 is 40.6. The third-order valence-corrected chi connectivity index (χ3v) is 5.47. The van der Waals surface area contributed by atoms with Gasteiger partial charge in [0.25, 0.3) is 0 Å². The number of sulfonamides is 1. The van der Waals surface area contributed by atoms with Gasteiger partial charge in [0.1, 0.15) is 5.82 Å². The molecule has 126 valence electrons. The monoisotopic (exact) mass is 347 g/mol. The van der Waals surface area contributed by atoms with E-state index in [1.165, 1.54) is 12.1 Å². The Kier molecular flexibility index (Phi) is 4.40. The van der Waals surface area contributed by atoms with Crippen LogP contribution in [0.3, 0.4) is 0 Å². The SMILES string of the molecule is Cc1ccc(-c2c[nH]c3cc(F)ccc23)cc1S(=O)(=O)NCCN. The van der Waals surface area contributed by atoms with Gasteiger partial charge in [0.2, 0.25) is 10.0 Å². The number of H-pyrrole nitrogens is 1. The average Bonchev–Trinajstić information content (AvgIpc) is 2.96. The van der Waals surface area contributed by atoms with E-state index in [9.17, 15) is 12.8 Å². The molecule has 0 unspecified atom stereocenters. The summed E-state index contributed by atoms with van der Waals surface area (Å²) >= 11 is 0. The van der Waals surface area contributed by atoms with Crippen molar-refractivity contribution in [3.05, 3.63) is 54.0 Å². The van der Waals surface area contributed by atoms with Gasteiger partial charge in [0, 0.05) is 35.8 Å². The quantitative estimate of drug-likeness (QED) is 0.663. The van der Waals surface area contributed by atoms with Crippen LogP contribution in [-0.4, -0.2) is 26.5 Å². The van der Waals surface area contributed by atoms with Gasteiger partial charge in [-0.3, -0.25) is 0 Å². The van der Waals surface area contributed by atoms with Crippen molar-refractivity contribution in [2.75, 3.05) is 13.1 Å². The zero-order chi connectivity index (χ0) is 17.3. The van der Waals surface area contributed by atoms with Crippen molar-refractivity contribution in [1.82, 2.24) is 9.71 Å². The Labute approximate surface area is 139 Å². The standard InChI is InChI=1S/C17H18FN3O2S/c1-11-2-3-12(8-17(11)24(22,23)21-7-6-19)15-10-20-16-9-13(18)4-5-14(15)16/h2-5,8-10,20-21H,6-7,19H2,1H3. The molecule has 5 nitrogen and oxygen atoms in total. The Balaban J connectivity index is 2.11. The van der Waals surface area contributed by atoms with Gasteiger partial charge in [-0.2, -0.15) is 0 Å². The molecular weight excluding hydrogens is 329 g/mol. The number of aryl methyl sites for hydroxylation is 1. The second-order valence-electron chi connectivity index (χ2n) is 5.56. The van der Waals surface area contributed by atoms with Crippen LogP contribution < -0.4 is 10.5 Å². The summed E-state index contributed by atoms with van der Waals surface area (Å²) in [4.78, 5) is 3.23. The van der Waals surface area contributed by atoms with Gasteiger partial charge < -0.3 is 10.7 Å². The number of nitrogens with two attached hydrogens (primary N) is 1.